The Morgan fingerprint density at radius 1 is 1.62 bits per heavy atom. The summed E-state index contributed by atoms with van der Waals surface area (Å²) < 4.78 is 1.98. The number of amides is 1. The second kappa shape index (κ2) is 5.40. The number of anilines is 2. The van der Waals surface area contributed by atoms with E-state index >= 15 is 0 Å². The quantitative estimate of drug-likeness (QED) is 0.879. The average molecular weight is 305 g/mol. The van der Waals surface area contributed by atoms with Crippen LogP contribution in [0.15, 0.2) is 18.5 Å². The highest BCUT2D eigenvalue weighted by Crippen LogP contribution is 2.33. The van der Waals surface area contributed by atoms with Crippen molar-refractivity contribution in [2.24, 2.45) is 7.05 Å². The fourth-order valence-electron chi connectivity index (χ4n) is 2.07. The van der Waals surface area contributed by atoms with Crippen molar-refractivity contribution in [1.29, 1.82) is 0 Å². The van der Waals surface area contributed by atoms with Crippen LogP contribution >= 0.6 is 11.3 Å². The molecule has 2 aromatic heterocycles. The van der Waals surface area contributed by atoms with E-state index in [1.54, 1.807) is 6.20 Å². The van der Waals surface area contributed by atoms with Crippen molar-refractivity contribution in [2.75, 3.05) is 17.7 Å². The van der Waals surface area contributed by atoms with Gasteiger partial charge in [-0.25, -0.2) is 4.98 Å². The molecule has 1 aliphatic carbocycles. The molecule has 0 saturated heterocycles. The first-order chi connectivity index (χ1) is 10.0. The molecular weight excluding hydrogens is 286 g/mol. The maximum atomic E-state index is 12.1. The zero-order valence-corrected chi connectivity index (χ0v) is 13.0. The van der Waals surface area contributed by atoms with Crippen molar-refractivity contribution in [3.05, 3.63) is 29.2 Å². The van der Waals surface area contributed by atoms with Gasteiger partial charge in [0.05, 0.1) is 17.2 Å². The predicted octanol–water partition coefficient (Wildman–Crippen LogP) is 1.59. The molecular formula is C14H19N5OS. The van der Waals surface area contributed by atoms with E-state index in [0.29, 0.717) is 23.2 Å². The molecule has 0 spiro atoms. The Morgan fingerprint density at radius 2 is 2.38 bits per heavy atom. The summed E-state index contributed by atoms with van der Waals surface area (Å²) >= 11 is 1.43. The van der Waals surface area contributed by atoms with E-state index in [1.807, 2.05) is 30.9 Å². The van der Waals surface area contributed by atoms with Crippen LogP contribution in [-0.2, 0) is 13.6 Å². The number of nitrogens with zero attached hydrogens (tertiary/aromatic N) is 3. The van der Waals surface area contributed by atoms with Gasteiger partial charge in [0.15, 0.2) is 0 Å². The number of hydrogen-bond acceptors (Lipinski definition) is 5. The average Bonchev–Trinajstić information content (AvgIpc) is 3.02. The molecule has 0 aromatic carbocycles. The van der Waals surface area contributed by atoms with Crippen LogP contribution in [0.5, 0.6) is 0 Å². The highest BCUT2D eigenvalue weighted by Gasteiger charge is 2.26. The van der Waals surface area contributed by atoms with Crippen molar-refractivity contribution in [3.63, 3.8) is 0 Å². The molecule has 3 N–H and O–H groups in total. The molecule has 0 unspecified atom stereocenters. The number of nitrogens with one attached hydrogen (secondary N) is 1. The summed E-state index contributed by atoms with van der Waals surface area (Å²) in [6.45, 7) is 0.674. The van der Waals surface area contributed by atoms with Gasteiger partial charge in [-0.05, 0) is 18.9 Å². The first-order valence-corrected chi connectivity index (χ1v) is 7.73. The van der Waals surface area contributed by atoms with Crippen molar-refractivity contribution in [1.82, 2.24) is 14.9 Å². The summed E-state index contributed by atoms with van der Waals surface area (Å²) in [5.41, 5.74) is 6.52. The van der Waals surface area contributed by atoms with E-state index in [1.165, 1.54) is 11.3 Å². The maximum Gasteiger partial charge on any atom is 0.263 e. The van der Waals surface area contributed by atoms with E-state index in [2.05, 4.69) is 15.2 Å². The molecule has 7 heteroatoms. The molecule has 0 aliphatic heterocycles. The Bertz CT molecular complexity index is 658. The van der Waals surface area contributed by atoms with Gasteiger partial charge in [0.2, 0.25) is 0 Å². The summed E-state index contributed by atoms with van der Waals surface area (Å²) in [6.07, 6.45) is 5.84. The van der Waals surface area contributed by atoms with Gasteiger partial charge in [0, 0.05) is 32.5 Å². The van der Waals surface area contributed by atoms with Gasteiger partial charge in [0.1, 0.15) is 10.7 Å². The zero-order chi connectivity index (χ0) is 15.0. The number of nitrogen functional groups attached to an aromatic ring is 1. The number of carbonyl (C=O) groups is 1. The number of thiophene rings is 1. The number of carbonyl (C=O) groups excluding carboxylic acids is 1. The fraction of sp³-hybridized carbons (Fsp3) is 0.429. The summed E-state index contributed by atoms with van der Waals surface area (Å²) in [7, 11) is 3.94. The van der Waals surface area contributed by atoms with Gasteiger partial charge in [-0.2, -0.15) is 0 Å². The van der Waals surface area contributed by atoms with Crippen LogP contribution in [0.1, 0.15) is 28.3 Å². The Hall–Kier alpha value is -2.02. The van der Waals surface area contributed by atoms with Crippen LogP contribution in [-0.4, -0.2) is 28.5 Å². The van der Waals surface area contributed by atoms with Crippen LogP contribution in [0, 0.1) is 0 Å². The molecule has 1 aliphatic rings. The Kier molecular flexibility index (Phi) is 3.59. The molecule has 0 radical (unpaired) electrons. The number of aromatic nitrogens is 2. The minimum atomic E-state index is -0.0587. The maximum absolute atomic E-state index is 12.1. The molecule has 21 heavy (non-hydrogen) atoms. The molecule has 2 heterocycles. The second-order valence-corrected chi connectivity index (χ2v) is 6.46. The van der Waals surface area contributed by atoms with Gasteiger partial charge in [-0.3, -0.25) is 4.79 Å². The molecule has 0 atom stereocenters. The highest BCUT2D eigenvalue weighted by molar-refractivity contribution is 7.18. The molecule has 3 rings (SSSR count). The van der Waals surface area contributed by atoms with Gasteiger partial charge >= 0.3 is 0 Å². The molecule has 2 aromatic rings. The fourth-order valence-corrected chi connectivity index (χ4v) is 3.02. The van der Waals surface area contributed by atoms with Crippen molar-refractivity contribution < 1.29 is 4.79 Å². The molecule has 1 fully saturated rings. The largest absolute Gasteiger partial charge is 0.397 e. The third kappa shape index (κ3) is 3.02. The van der Waals surface area contributed by atoms with Crippen LogP contribution in [0.4, 0.5) is 10.7 Å². The third-order valence-corrected chi connectivity index (χ3v) is 4.81. The summed E-state index contributed by atoms with van der Waals surface area (Å²) in [6, 6.07) is 2.20. The van der Waals surface area contributed by atoms with Crippen LogP contribution in [0.2, 0.25) is 0 Å². The van der Waals surface area contributed by atoms with E-state index in [4.69, 9.17) is 5.73 Å². The van der Waals surface area contributed by atoms with Crippen molar-refractivity contribution >= 4 is 27.9 Å². The summed E-state index contributed by atoms with van der Waals surface area (Å²) in [5, 5.41) is 3.94. The minimum absolute atomic E-state index is 0.0587. The van der Waals surface area contributed by atoms with Gasteiger partial charge in [-0.15, -0.1) is 11.3 Å². The monoisotopic (exact) mass is 305 g/mol. The molecule has 0 bridgehead atoms. The predicted molar refractivity (Wildman–Crippen MR) is 84.5 cm³/mol. The number of nitrogens with two attached hydrogens (primary N) is 1. The molecule has 6 nitrogen and oxygen atoms in total. The zero-order valence-electron chi connectivity index (χ0n) is 12.2. The van der Waals surface area contributed by atoms with E-state index in [-0.39, 0.29) is 5.91 Å². The molecule has 112 valence electrons. The van der Waals surface area contributed by atoms with E-state index in [9.17, 15) is 4.79 Å². The van der Waals surface area contributed by atoms with Gasteiger partial charge in [0.25, 0.3) is 5.91 Å². The second-order valence-electron chi connectivity index (χ2n) is 5.43. The Balaban J connectivity index is 1.73. The van der Waals surface area contributed by atoms with Crippen LogP contribution in [0.25, 0.3) is 0 Å². The normalized spacial score (nSPS) is 14.2. The first-order valence-electron chi connectivity index (χ1n) is 6.92. The molecule has 1 saturated carbocycles. The van der Waals surface area contributed by atoms with Gasteiger partial charge < -0.3 is 20.5 Å². The number of aryl methyl sites for hydroxylation is 1. The Morgan fingerprint density at radius 3 is 3.00 bits per heavy atom. The van der Waals surface area contributed by atoms with E-state index < -0.39 is 0 Å². The molecule has 1 amide bonds. The number of imidazole rings is 1. The SMILES string of the molecule is CN(Cc1nccn1C)c1cc(N)c(C(=O)NC2CC2)s1. The third-order valence-electron chi connectivity index (χ3n) is 3.54. The highest BCUT2D eigenvalue weighted by atomic mass is 32.1. The number of rotatable bonds is 5. The lowest BCUT2D eigenvalue weighted by Gasteiger charge is -2.16. The lowest BCUT2D eigenvalue weighted by atomic mass is 10.3. The summed E-state index contributed by atoms with van der Waals surface area (Å²) in [4.78, 5) is 19.1. The summed E-state index contributed by atoms with van der Waals surface area (Å²) in [5.74, 6) is 0.907. The van der Waals surface area contributed by atoms with Crippen molar-refractivity contribution in [3.8, 4) is 0 Å². The van der Waals surface area contributed by atoms with Crippen molar-refractivity contribution in [2.45, 2.75) is 25.4 Å². The van der Waals surface area contributed by atoms with Gasteiger partial charge in [-0.1, -0.05) is 0 Å². The van der Waals surface area contributed by atoms with Crippen LogP contribution < -0.4 is 16.0 Å². The topological polar surface area (TPSA) is 76.2 Å². The Labute approximate surface area is 127 Å². The number of hydrogen-bond donors (Lipinski definition) is 2. The smallest absolute Gasteiger partial charge is 0.263 e. The minimum Gasteiger partial charge on any atom is -0.397 e. The lowest BCUT2D eigenvalue weighted by Crippen LogP contribution is -2.25. The standard InChI is InChI=1S/C14H19N5OS/c1-18-6-5-16-11(18)8-19(2)12-7-10(15)13(21-12)14(20)17-9-3-4-9/h5-7,9H,3-4,8,15H2,1-2H3,(H,17,20). The van der Waals surface area contributed by atoms with E-state index in [0.717, 1.165) is 23.7 Å². The lowest BCUT2D eigenvalue weighted by molar-refractivity contribution is 0.0956. The first kappa shape index (κ1) is 13.9. The van der Waals surface area contributed by atoms with Crippen LogP contribution in [0.3, 0.4) is 0 Å².